The minimum absolute atomic E-state index is 0.0231. The summed E-state index contributed by atoms with van der Waals surface area (Å²) in [5.74, 6) is 0. The lowest BCUT2D eigenvalue weighted by atomic mass is 10.3. The van der Waals surface area contributed by atoms with Crippen molar-refractivity contribution in [2.45, 2.75) is 12.8 Å². The zero-order chi connectivity index (χ0) is 8.81. The Labute approximate surface area is 76.2 Å². The quantitative estimate of drug-likeness (QED) is 0.589. The van der Waals surface area contributed by atoms with Crippen LogP contribution in [-0.4, -0.2) is 30.5 Å². The van der Waals surface area contributed by atoms with Crippen molar-refractivity contribution in [1.82, 2.24) is 10.6 Å². The fourth-order valence-corrected chi connectivity index (χ4v) is 1.54. The first-order valence-electron chi connectivity index (χ1n) is 3.99. The molecule has 5 heteroatoms. The van der Waals surface area contributed by atoms with Crippen LogP contribution in [0, 0.1) is 0 Å². The number of rotatable bonds is 0. The second-order valence-electron chi connectivity index (χ2n) is 2.48. The molecule has 1 aliphatic rings. The maximum Gasteiger partial charge on any atom is 0.286 e. The molecule has 1 fully saturated rings. The Morgan fingerprint density at radius 2 is 2.00 bits per heavy atom. The van der Waals surface area contributed by atoms with Crippen molar-refractivity contribution in [2.24, 2.45) is 4.99 Å². The highest BCUT2D eigenvalue weighted by molar-refractivity contribution is 8.26. The number of aliphatic imine (C=N–C) groups is 1. The summed E-state index contributed by atoms with van der Waals surface area (Å²) in [6, 6.07) is 0. The van der Waals surface area contributed by atoms with Crippen LogP contribution in [0.4, 0.5) is 4.79 Å². The van der Waals surface area contributed by atoms with E-state index in [-0.39, 0.29) is 5.24 Å². The molecule has 1 rings (SSSR count). The van der Waals surface area contributed by atoms with Crippen LogP contribution in [-0.2, 0) is 0 Å². The molecule has 0 aromatic carbocycles. The summed E-state index contributed by atoms with van der Waals surface area (Å²) in [6.45, 7) is 1.67. The molecule has 1 saturated heterocycles. The molecule has 1 aliphatic heterocycles. The lowest BCUT2D eigenvalue weighted by molar-refractivity contribution is 0.261. The van der Waals surface area contributed by atoms with E-state index in [0.717, 1.165) is 37.7 Å². The Balaban J connectivity index is 2.49. The fourth-order valence-electron chi connectivity index (χ4n) is 0.920. The van der Waals surface area contributed by atoms with Gasteiger partial charge in [0, 0.05) is 31.9 Å². The van der Waals surface area contributed by atoms with E-state index in [2.05, 4.69) is 15.6 Å². The summed E-state index contributed by atoms with van der Waals surface area (Å²) in [4.78, 5) is 15.0. The largest absolute Gasteiger partial charge is 0.365 e. The summed E-state index contributed by atoms with van der Waals surface area (Å²) in [7, 11) is 1.68. The number of nitrogens with zero attached hydrogens (tertiary/aromatic N) is 1. The molecular formula is C7H13N3OS. The van der Waals surface area contributed by atoms with E-state index in [9.17, 15) is 4.79 Å². The van der Waals surface area contributed by atoms with E-state index in [4.69, 9.17) is 0 Å². The average Bonchev–Trinajstić information content (AvgIpc) is 2.16. The van der Waals surface area contributed by atoms with Crippen LogP contribution in [0.25, 0.3) is 0 Å². The molecule has 0 aromatic heterocycles. The molecular weight excluding hydrogens is 174 g/mol. The maximum absolute atomic E-state index is 11.1. The lowest BCUT2D eigenvalue weighted by Gasteiger charge is -2.03. The number of amides is 1. The summed E-state index contributed by atoms with van der Waals surface area (Å²) < 4.78 is 0. The third kappa shape index (κ3) is 3.13. The normalized spacial score (nSPS) is 23.4. The van der Waals surface area contributed by atoms with Crippen molar-refractivity contribution in [2.75, 3.05) is 20.1 Å². The van der Waals surface area contributed by atoms with Crippen LogP contribution in [0.3, 0.4) is 0 Å². The molecule has 68 valence electrons. The first-order valence-corrected chi connectivity index (χ1v) is 4.81. The van der Waals surface area contributed by atoms with E-state index in [0.29, 0.717) is 5.17 Å². The van der Waals surface area contributed by atoms with Crippen molar-refractivity contribution in [1.29, 1.82) is 0 Å². The van der Waals surface area contributed by atoms with Gasteiger partial charge in [-0.3, -0.25) is 9.79 Å². The minimum atomic E-state index is -0.0231. The SMILES string of the molecule is CN=C1NCCCCNC(=O)S1. The van der Waals surface area contributed by atoms with Crippen LogP contribution in [0.15, 0.2) is 4.99 Å². The van der Waals surface area contributed by atoms with Crippen LogP contribution in [0.5, 0.6) is 0 Å². The van der Waals surface area contributed by atoms with Gasteiger partial charge in [0.15, 0.2) is 5.17 Å². The molecule has 12 heavy (non-hydrogen) atoms. The molecule has 0 bridgehead atoms. The van der Waals surface area contributed by atoms with Crippen molar-refractivity contribution in [3.63, 3.8) is 0 Å². The molecule has 0 radical (unpaired) electrons. The van der Waals surface area contributed by atoms with Crippen LogP contribution in [0.2, 0.25) is 0 Å². The maximum atomic E-state index is 11.1. The van der Waals surface area contributed by atoms with Gasteiger partial charge in [-0.15, -0.1) is 0 Å². The molecule has 4 nitrogen and oxygen atoms in total. The van der Waals surface area contributed by atoms with Gasteiger partial charge in [0.25, 0.3) is 5.24 Å². The van der Waals surface area contributed by atoms with E-state index in [1.807, 2.05) is 0 Å². The zero-order valence-corrected chi connectivity index (χ0v) is 7.91. The number of carbonyl (C=O) groups is 1. The van der Waals surface area contributed by atoms with Crippen LogP contribution >= 0.6 is 11.8 Å². The van der Waals surface area contributed by atoms with Crippen molar-refractivity contribution in [3.05, 3.63) is 0 Å². The summed E-state index contributed by atoms with van der Waals surface area (Å²) in [5, 5.41) is 6.57. The third-order valence-corrected chi connectivity index (χ3v) is 2.39. The molecule has 0 saturated carbocycles. The zero-order valence-electron chi connectivity index (χ0n) is 7.09. The van der Waals surface area contributed by atoms with Crippen LogP contribution in [0.1, 0.15) is 12.8 Å². The first kappa shape index (κ1) is 9.38. The molecule has 2 N–H and O–H groups in total. The van der Waals surface area contributed by atoms with E-state index in [1.54, 1.807) is 7.05 Å². The molecule has 0 atom stereocenters. The molecule has 0 unspecified atom stereocenters. The van der Waals surface area contributed by atoms with E-state index in [1.165, 1.54) is 0 Å². The molecule has 1 heterocycles. The van der Waals surface area contributed by atoms with Gasteiger partial charge in [0.2, 0.25) is 0 Å². The standard InChI is InChI=1S/C7H13N3OS/c1-8-6-9-4-2-3-5-10-7(11)12-6/h2-5H2,1H3,(H,8,9)(H,10,11). The molecule has 1 amide bonds. The van der Waals surface area contributed by atoms with Crippen molar-refractivity contribution in [3.8, 4) is 0 Å². The second-order valence-corrected chi connectivity index (χ2v) is 3.44. The highest BCUT2D eigenvalue weighted by Gasteiger charge is 2.08. The Kier molecular flexibility index (Phi) is 3.93. The monoisotopic (exact) mass is 187 g/mol. The molecule has 0 aromatic rings. The number of carbonyl (C=O) groups excluding carboxylic acids is 1. The smallest absolute Gasteiger partial charge is 0.286 e. The molecule has 0 aliphatic carbocycles. The topological polar surface area (TPSA) is 53.5 Å². The predicted molar refractivity (Wildman–Crippen MR) is 51.6 cm³/mol. The third-order valence-electron chi connectivity index (χ3n) is 1.54. The second kappa shape index (κ2) is 5.03. The van der Waals surface area contributed by atoms with Crippen molar-refractivity contribution >= 4 is 22.2 Å². The Bertz CT molecular complexity index is 193. The highest BCUT2D eigenvalue weighted by atomic mass is 32.2. The Morgan fingerprint density at radius 1 is 1.33 bits per heavy atom. The van der Waals surface area contributed by atoms with Gasteiger partial charge in [-0.1, -0.05) is 0 Å². The van der Waals surface area contributed by atoms with Gasteiger partial charge in [0.05, 0.1) is 0 Å². The summed E-state index contributed by atoms with van der Waals surface area (Å²) in [5.41, 5.74) is 0. The Hall–Kier alpha value is -0.710. The summed E-state index contributed by atoms with van der Waals surface area (Å²) >= 11 is 1.12. The van der Waals surface area contributed by atoms with E-state index < -0.39 is 0 Å². The number of nitrogens with one attached hydrogen (secondary N) is 2. The highest BCUT2D eigenvalue weighted by Crippen LogP contribution is 2.04. The van der Waals surface area contributed by atoms with Gasteiger partial charge >= 0.3 is 0 Å². The van der Waals surface area contributed by atoms with Gasteiger partial charge in [-0.05, 0) is 12.8 Å². The van der Waals surface area contributed by atoms with Gasteiger partial charge in [0.1, 0.15) is 0 Å². The number of thioether (sulfide) groups is 1. The molecule has 0 spiro atoms. The summed E-state index contributed by atoms with van der Waals surface area (Å²) in [6.07, 6.45) is 2.09. The Morgan fingerprint density at radius 3 is 2.67 bits per heavy atom. The predicted octanol–water partition coefficient (Wildman–Crippen LogP) is 0.798. The van der Waals surface area contributed by atoms with Gasteiger partial charge < -0.3 is 10.6 Å². The van der Waals surface area contributed by atoms with Crippen molar-refractivity contribution < 1.29 is 4.79 Å². The average molecular weight is 187 g/mol. The minimum Gasteiger partial charge on any atom is -0.365 e. The lowest BCUT2D eigenvalue weighted by Crippen LogP contribution is -2.24. The number of amidine groups is 1. The van der Waals surface area contributed by atoms with Crippen LogP contribution < -0.4 is 10.6 Å². The fraction of sp³-hybridized carbons (Fsp3) is 0.714. The van der Waals surface area contributed by atoms with Gasteiger partial charge in [-0.2, -0.15) is 0 Å². The number of hydrogen-bond acceptors (Lipinski definition) is 3. The van der Waals surface area contributed by atoms with E-state index >= 15 is 0 Å². The first-order chi connectivity index (χ1) is 5.83. The van der Waals surface area contributed by atoms with Gasteiger partial charge in [-0.25, -0.2) is 0 Å². The number of hydrogen-bond donors (Lipinski definition) is 2.